The second-order valence-corrected chi connectivity index (χ2v) is 5.57. The third-order valence-corrected chi connectivity index (χ3v) is 3.84. The maximum absolute atomic E-state index is 12.1. The van der Waals surface area contributed by atoms with E-state index in [-0.39, 0.29) is 24.5 Å². The zero-order valence-electron chi connectivity index (χ0n) is 12.7. The van der Waals surface area contributed by atoms with E-state index in [0.29, 0.717) is 0 Å². The number of nitrogens with one attached hydrogen (secondary N) is 1. The van der Waals surface area contributed by atoms with E-state index in [2.05, 4.69) is 43.4 Å². The summed E-state index contributed by atoms with van der Waals surface area (Å²) in [5.41, 5.74) is 3.34. The van der Waals surface area contributed by atoms with Crippen molar-refractivity contribution in [1.29, 1.82) is 0 Å². The van der Waals surface area contributed by atoms with E-state index in [0.717, 1.165) is 24.0 Å². The fourth-order valence-electron chi connectivity index (χ4n) is 2.56. The lowest BCUT2D eigenvalue weighted by Gasteiger charge is -2.12. The molecule has 0 aromatic heterocycles. The van der Waals surface area contributed by atoms with Crippen LogP contribution in [0.25, 0.3) is 5.57 Å². The largest absolute Gasteiger partial charge is 0.396 e. The number of hydrogen-bond donors (Lipinski definition) is 2. The quantitative estimate of drug-likeness (QED) is 0.645. The fraction of sp³-hybridized carbons (Fsp3) is 0.389. The molecule has 0 radical (unpaired) electrons. The first-order valence-electron chi connectivity index (χ1n) is 7.49. The first-order chi connectivity index (χ1) is 10.1. The van der Waals surface area contributed by atoms with Crippen LogP contribution in [0.4, 0.5) is 0 Å². The summed E-state index contributed by atoms with van der Waals surface area (Å²) in [5.74, 6) is 0.0997. The number of carbonyl (C=O) groups is 1. The highest BCUT2D eigenvalue weighted by atomic mass is 16.3. The highest BCUT2D eigenvalue weighted by Crippen LogP contribution is 2.20. The first kappa shape index (κ1) is 15.5. The molecule has 0 fully saturated rings. The minimum absolute atomic E-state index is 0.0297. The van der Waals surface area contributed by atoms with E-state index in [1.807, 2.05) is 12.2 Å². The Morgan fingerprint density at radius 1 is 1.33 bits per heavy atom. The summed E-state index contributed by atoms with van der Waals surface area (Å²) >= 11 is 0. The molecule has 2 atom stereocenters. The molecule has 0 unspecified atom stereocenters. The normalized spacial score (nSPS) is 21.6. The Morgan fingerprint density at radius 3 is 2.62 bits per heavy atom. The van der Waals surface area contributed by atoms with Crippen molar-refractivity contribution in [3.8, 4) is 0 Å². The molecule has 2 rings (SSSR count). The Hall–Kier alpha value is -1.87. The van der Waals surface area contributed by atoms with Crippen molar-refractivity contribution >= 4 is 11.5 Å². The molecular formula is C18H23NO2. The summed E-state index contributed by atoms with van der Waals surface area (Å²) in [6, 6.07) is 8.25. The summed E-state index contributed by atoms with van der Waals surface area (Å²) in [6.07, 6.45) is 7.21. The van der Waals surface area contributed by atoms with Crippen molar-refractivity contribution in [1.82, 2.24) is 5.32 Å². The van der Waals surface area contributed by atoms with Gasteiger partial charge in [0.25, 0.3) is 0 Å². The predicted molar refractivity (Wildman–Crippen MR) is 85.7 cm³/mol. The van der Waals surface area contributed by atoms with Crippen LogP contribution >= 0.6 is 0 Å². The monoisotopic (exact) mass is 285 g/mol. The predicted octanol–water partition coefficient (Wildman–Crippen LogP) is 2.84. The molecule has 3 heteroatoms. The van der Waals surface area contributed by atoms with Crippen LogP contribution in [-0.2, 0) is 4.79 Å². The zero-order chi connectivity index (χ0) is 15.2. The highest BCUT2D eigenvalue weighted by molar-refractivity contribution is 5.95. The number of aliphatic hydroxyl groups is 1. The minimum Gasteiger partial charge on any atom is -0.396 e. The van der Waals surface area contributed by atoms with Crippen LogP contribution in [-0.4, -0.2) is 23.7 Å². The Labute approximate surface area is 126 Å². The van der Waals surface area contributed by atoms with Crippen molar-refractivity contribution in [3.63, 3.8) is 0 Å². The number of amides is 1. The van der Waals surface area contributed by atoms with Gasteiger partial charge in [0.15, 0.2) is 0 Å². The third kappa shape index (κ3) is 4.30. The van der Waals surface area contributed by atoms with Gasteiger partial charge >= 0.3 is 0 Å². The van der Waals surface area contributed by atoms with Crippen LogP contribution in [0.1, 0.15) is 30.9 Å². The second kappa shape index (κ2) is 7.23. The Balaban J connectivity index is 2.01. The fourth-order valence-corrected chi connectivity index (χ4v) is 2.56. The number of benzene rings is 1. The molecule has 0 spiro atoms. The van der Waals surface area contributed by atoms with E-state index in [4.69, 9.17) is 5.11 Å². The summed E-state index contributed by atoms with van der Waals surface area (Å²) < 4.78 is 0. The molecule has 1 aliphatic carbocycles. The second-order valence-electron chi connectivity index (χ2n) is 5.57. The standard InChI is InChI=1S/C18H23NO2/c1-3-15(16-7-4-13(2)5-8-16)11-18(21)19-17-9-6-14(10-17)12-20/h4-9,11,14,17,20H,3,10,12H2,1-2H3,(H,19,21)/b15-11-/t14-,17+/m0/s1. The number of aryl methyl sites for hydroxylation is 1. The molecule has 0 bridgehead atoms. The molecule has 0 saturated heterocycles. The van der Waals surface area contributed by atoms with Crippen LogP contribution in [0.3, 0.4) is 0 Å². The third-order valence-electron chi connectivity index (χ3n) is 3.84. The maximum atomic E-state index is 12.1. The van der Waals surface area contributed by atoms with Gasteiger partial charge in [-0.1, -0.05) is 48.9 Å². The Bertz CT molecular complexity index is 543. The number of hydrogen-bond acceptors (Lipinski definition) is 2. The molecule has 0 heterocycles. The number of carbonyl (C=O) groups excluding carboxylic acids is 1. The summed E-state index contributed by atoms with van der Waals surface area (Å²) in [6.45, 7) is 4.24. The molecule has 0 aliphatic heterocycles. The summed E-state index contributed by atoms with van der Waals surface area (Å²) in [5, 5.41) is 12.1. The summed E-state index contributed by atoms with van der Waals surface area (Å²) in [4.78, 5) is 12.1. The van der Waals surface area contributed by atoms with Gasteiger partial charge in [0.2, 0.25) is 5.91 Å². The average Bonchev–Trinajstić information content (AvgIpc) is 2.93. The summed E-state index contributed by atoms with van der Waals surface area (Å²) in [7, 11) is 0. The molecular weight excluding hydrogens is 262 g/mol. The first-order valence-corrected chi connectivity index (χ1v) is 7.49. The minimum atomic E-state index is -0.0688. The van der Waals surface area contributed by atoms with Crippen LogP contribution < -0.4 is 5.32 Å². The van der Waals surface area contributed by atoms with Gasteiger partial charge in [0.05, 0.1) is 0 Å². The Kier molecular flexibility index (Phi) is 5.34. The van der Waals surface area contributed by atoms with Gasteiger partial charge in [-0.3, -0.25) is 4.79 Å². The van der Waals surface area contributed by atoms with Crippen molar-refractivity contribution in [3.05, 3.63) is 53.6 Å². The number of allylic oxidation sites excluding steroid dienone is 1. The van der Waals surface area contributed by atoms with E-state index in [1.54, 1.807) is 6.08 Å². The smallest absolute Gasteiger partial charge is 0.244 e. The zero-order valence-corrected chi connectivity index (χ0v) is 12.7. The van der Waals surface area contributed by atoms with Gasteiger partial charge in [-0.25, -0.2) is 0 Å². The van der Waals surface area contributed by atoms with E-state index in [1.165, 1.54) is 5.56 Å². The SMILES string of the molecule is CC/C(=C/C(=O)N[C@@H]1C=C[C@H](CO)C1)c1ccc(C)cc1. The highest BCUT2D eigenvalue weighted by Gasteiger charge is 2.19. The van der Waals surface area contributed by atoms with Crippen molar-refractivity contribution < 1.29 is 9.90 Å². The van der Waals surface area contributed by atoms with Crippen molar-refractivity contribution in [2.45, 2.75) is 32.7 Å². The number of rotatable bonds is 5. The van der Waals surface area contributed by atoms with Gasteiger partial charge in [-0.2, -0.15) is 0 Å². The van der Waals surface area contributed by atoms with Crippen LogP contribution in [0, 0.1) is 12.8 Å². The molecule has 112 valence electrons. The van der Waals surface area contributed by atoms with Crippen molar-refractivity contribution in [2.75, 3.05) is 6.61 Å². The molecule has 0 saturated carbocycles. The molecule has 21 heavy (non-hydrogen) atoms. The lowest BCUT2D eigenvalue weighted by atomic mass is 10.0. The topological polar surface area (TPSA) is 49.3 Å². The van der Waals surface area contributed by atoms with E-state index < -0.39 is 0 Å². The molecule has 2 N–H and O–H groups in total. The van der Waals surface area contributed by atoms with Gasteiger partial charge in [0.1, 0.15) is 0 Å². The van der Waals surface area contributed by atoms with E-state index in [9.17, 15) is 4.79 Å². The van der Waals surface area contributed by atoms with Gasteiger partial charge in [-0.15, -0.1) is 0 Å². The molecule has 3 nitrogen and oxygen atoms in total. The van der Waals surface area contributed by atoms with Crippen LogP contribution in [0.15, 0.2) is 42.5 Å². The van der Waals surface area contributed by atoms with E-state index >= 15 is 0 Å². The lowest BCUT2D eigenvalue weighted by molar-refractivity contribution is -0.116. The van der Waals surface area contributed by atoms with Crippen LogP contribution in [0.5, 0.6) is 0 Å². The Morgan fingerprint density at radius 2 is 2.05 bits per heavy atom. The van der Waals surface area contributed by atoms with Crippen molar-refractivity contribution in [2.24, 2.45) is 5.92 Å². The average molecular weight is 285 g/mol. The van der Waals surface area contributed by atoms with Gasteiger partial charge < -0.3 is 10.4 Å². The molecule has 1 aliphatic rings. The van der Waals surface area contributed by atoms with Crippen LogP contribution in [0.2, 0.25) is 0 Å². The molecule has 1 amide bonds. The van der Waals surface area contributed by atoms with Gasteiger partial charge in [-0.05, 0) is 30.9 Å². The molecule has 1 aromatic rings. The lowest BCUT2D eigenvalue weighted by Crippen LogP contribution is -2.31. The molecule has 1 aromatic carbocycles. The van der Waals surface area contributed by atoms with Gasteiger partial charge in [0, 0.05) is 24.6 Å². The number of aliphatic hydroxyl groups excluding tert-OH is 1. The maximum Gasteiger partial charge on any atom is 0.244 e.